The fourth-order valence-electron chi connectivity index (χ4n) is 3.46. The maximum atomic E-state index is 12.3. The molecule has 2 heterocycles. The zero-order valence-electron chi connectivity index (χ0n) is 13.9. The normalized spacial score (nSPS) is 23.1. The van der Waals surface area contributed by atoms with Crippen molar-refractivity contribution in [2.24, 2.45) is 17.3 Å². The zero-order chi connectivity index (χ0) is 15.7. The van der Waals surface area contributed by atoms with E-state index < -0.39 is 0 Å². The van der Waals surface area contributed by atoms with Crippen LogP contribution in [0.2, 0.25) is 0 Å². The molecule has 122 valence electrons. The summed E-state index contributed by atoms with van der Waals surface area (Å²) in [7, 11) is 0. The number of fused-ring (bicyclic) bond motifs is 1. The Morgan fingerprint density at radius 1 is 1.27 bits per heavy atom. The Balaban J connectivity index is 1.65. The number of piperidine rings is 1. The third kappa shape index (κ3) is 3.51. The van der Waals surface area contributed by atoms with Crippen LogP contribution in [0.1, 0.15) is 50.6 Å². The van der Waals surface area contributed by atoms with Crippen molar-refractivity contribution >= 4 is 22.4 Å². The van der Waals surface area contributed by atoms with Crippen molar-refractivity contribution in [3.05, 3.63) is 10.6 Å². The molecule has 1 aromatic rings. The second-order valence-corrected chi connectivity index (χ2v) is 8.79. The van der Waals surface area contributed by atoms with Gasteiger partial charge in [0, 0.05) is 10.8 Å². The van der Waals surface area contributed by atoms with Gasteiger partial charge in [0.05, 0.1) is 5.69 Å². The lowest BCUT2D eigenvalue weighted by molar-refractivity contribution is -0.120. The van der Waals surface area contributed by atoms with Crippen molar-refractivity contribution in [3.63, 3.8) is 0 Å². The highest BCUT2D eigenvalue weighted by Gasteiger charge is 2.31. The first kappa shape index (κ1) is 15.9. The number of nitrogens with one attached hydrogen (secondary N) is 2. The number of aromatic nitrogens is 1. The van der Waals surface area contributed by atoms with E-state index in [4.69, 9.17) is 0 Å². The lowest BCUT2D eigenvalue weighted by Crippen LogP contribution is -2.34. The first-order valence-corrected chi connectivity index (χ1v) is 9.25. The average molecular weight is 321 g/mol. The van der Waals surface area contributed by atoms with Gasteiger partial charge < -0.3 is 10.6 Å². The third-order valence-electron chi connectivity index (χ3n) is 5.10. The average Bonchev–Trinajstić information content (AvgIpc) is 2.88. The van der Waals surface area contributed by atoms with Crippen LogP contribution >= 0.6 is 11.3 Å². The van der Waals surface area contributed by atoms with Crippen LogP contribution < -0.4 is 10.6 Å². The Morgan fingerprint density at radius 2 is 2.00 bits per heavy atom. The number of thiazole rings is 1. The van der Waals surface area contributed by atoms with Crippen molar-refractivity contribution in [1.29, 1.82) is 0 Å². The molecule has 3 rings (SSSR count). The lowest BCUT2D eigenvalue weighted by Gasteiger charge is -2.33. The van der Waals surface area contributed by atoms with Gasteiger partial charge in [-0.25, -0.2) is 4.98 Å². The molecule has 1 aliphatic carbocycles. The minimum Gasteiger partial charge on any atom is -0.317 e. The molecule has 1 fully saturated rings. The van der Waals surface area contributed by atoms with Crippen LogP contribution in [-0.4, -0.2) is 24.0 Å². The van der Waals surface area contributed by atoms with Crippen LogP contribution in [0.4, 0.5) is 5.13 Å². The van der Waals surface area contributed by atoms with Gasteiger partial charge in [0.15, 0.2) is 5.13 Å². The van der Waals surface area contributed by atoms with E-state index in [-0.39, 0.29) is 11.8 Å². The molecule has 4 nitrogen and oxygen atoms in total. The van der Waals surface area contributed by atoms with Gasteiger partial charge in [-0.05, 0) is 56.5 Å². The largest absolute Gasteiger partial charge is 0.317 e. The van der Waals surface area contributed by atoms with Crippen LogP contribution in [0.3, 0.4) is 0 Å². The van der Waals surface area contributed by atoms with E-state index >= 15 is 0 Å². The highest BCUT2D eigenvalue weighted by Crippen LogP contribution is 2.40. The number of hydrogen-bond donors (Lipinski definition) is 2. The highest BCUT2D eigenvalue weighted by atomic mass is 32.1. The molecule has 1 aromatic heterocycles. The van der Waals surface area contributed by atoms with E-state index in [9.17, 15) is 4.79 Å². The molecule has 5 heteroatoms. The quantitative estimate of drug-likeness (QED) is 0.879. The van der Waals surface area contributed by atoms with Crippen LogP contribution in [0.25, 0.3) is 0 Å². The molecule has 0 spiro atoms. The van der Waals surface area contributed by atoms with Gasteiger partial charge in [-0.3, -0.25) is 4.79 Å². The number of rotatable bonds is 2. The first-order chi connectivity index (χ1) is 10.4. The zero-order valence-corrected chi connectivity index (χ0v) is 14.7. The summed E-state index contributed by atoms with van der Waals surface area (Å²) in [5.74, 6) is 1.01. The van der Waals surface area contributed by atoms with Crippen LogP contribution in [0, 0.1) is 17.3 Å². The van der Waals surface area contributed by atoms with Gasteiger partial charge in [-0.1, -0.05) is 20.8 Å². The molecule has 0 aromatic carbocycles. The minimum absolute atomic E-state index is 0.143. The first-order valence-electron chi connectivity index (χ1n) is 8.43. The Morgan fingerprint density at radius 3 is 2.68 bits per heavy atom. The van der Waals surface area contributed by atoms with Gasteiger partial charge in [0.25, 0.3) is 0 Å². The Labute approximate surface area is 137 Å². The van der Waals surface area contributed by atoms with Crippen molar-refractivity contribution in [1.82, 2.24) is 10.3 Å². The summed E-state index contributed by atoms with van der Waals surface area (Å²) >= 11 is 1.69. The summed E-state index contributed by atoms with van der Waals surface area (Å²) < 4.78 is 0. The summed E-state index contributed by atoms with van der Waals surface area (Å²) in [4.78, 5) is 18.4. The van der Waals surface area contributed by atoms with Gasteiger partial charge >= 0.3 is 0 Å². The highest BCUT2D eigenvalue weighted by molar-refractivity contribution is 7.15. The van der Waals surface area contributed by atoms with E-state index in [2.05, 4.69) is 36.4 Å². The summed E-state index contributed by atoms with van der Waals surface area (Å²) in [6.07, 6.45) is 5.24. The predicted octanol–water partition coefficient (Wildman–Crippen LogP) is 3.23. The van der Waals surface area contributed by atoms with Crippen molar-refractivity contribution in [3.8, 4) is 0 Å². The molecule has 0 bridgehead atoms. The van der Waals surface area contributed by atoms with Crippen molar-refractivity contribution in [2.75, 3.05) is 18.4 Å². The number of carbonyl (C=O) groups is 1. The summed E-state index contributed by atoms with van der Waals surface area (Å²) in [6, 6.07) is 0. The predicted molar refractivity (Wildman–Crippen MR) is 91.3 cm³/mol. The number of aryl methyl sites for hydroxylation is 1. The minimum atomic E-state index is 0.143. The van der Waals surface area contributed by atoms with Gasteiger partial charge in [-0.2, -0.15) is 0 Å². The molecular formula is C17H27N3OS. The second-order valence-electron chi connectivity index (χ2n) is 7.71. The number of anilines is 1. The molecular weight excluding hydrogens is 294 g/mol. The third-order valence-corrected chi connectivity index (χ3v) is 6.14. The van der Waals surface area contributed by atoms with Gasteiger partial charge in [0.2, 0.25) is 5.91 Å². The van der Waals surface area contributed by atoms with Crippen molar-refractivity contribution < 1.29 is 4.79 Å². The molecule has 1 aliphatic heterocycles. The fraction of sp³-hybridized carbons (Fsp3) is 0.765. The molecule has 1 amide bonds. The smallest absolute Gasteiger partial charge is 0.229 e. The topological polar surface area (TPSA) is 54.0 Å². The number of amides is 1. The molecule has 22 heavy (non-hydrogen) atoms. The molecule has 1 unspecified atom stereocenters. The van der Waals surface area contributed by atoms with E-state index in [1.165, 1.54) is 17.0 Å². The molecule has 2 aliphatic rings. The van der Waals surface area contributed by atoms with E-state index in [0.717, 1.165) is 43.9 Å². The number of hydrogen-bond acceptors (Lipinski definition) is 4. The van der Waals surface area contributed by atoms with E-state index in [1.807, 2.05) is 0 Å². The van der Waals surface area contributed by atoms with Gasteiger partial charge in [0.1, 0.15) is 0 Å². The number of carbonyl (C=O) groups excluding carboxylic acids is 1. The standard InChI is InChI=1S/C17H27N3OS/c1-17(2,3)12-4-5-13-14(10-12)22-16(19-13)20-15(21)11-6-8-18-9-7-11/h11-12,18H,4-10H2,1-3H3,(H,19,20,21). The molecule has 1 atom stereocenters. The van der Waals surface area contributed by atoms with Gasteiger partial charge in [-0.15, -0.1) is 11.3 Å². The molecule has 0 radical (unpaired) electrons. The maximum Gasteiger partial charge on any atom is 0.229 e. The Bertz CT molecular complexity index is 541. The molecule has 0 saturated carbocycles. The fourth-order valence-corrected chi connectivity index (χ4v) is 4.55. The summed E-state index contributed by atoms with van der Waals surface area (Å²) in [5.41, 5.74) is 1.56. The Kier molecular flexibility index (Phi) is 4.55. The molecule has 2 N–H and O–H groups in total. The lowest BCUT2D eigenvalue weighted by atomic mass is 9.73. The molecule has 1 saturated heterocycles. The maximum absolute atomic E-state index is 12.3. The second kappa shape index (κ2) is 6.28. The summed E-state index contributed by atoms with van der Waals surface area (Å²) in [6.45, 7) is 8.86. The van der Waals surface area contributed by atoms with Crippen LogP contribution in [0.15, 0.2) is 0 Å². The van der Waals surface area contributed by atoms with Crippen LogP contribution in [0.5, 0.6) is 0 Å². The summed E-state index contributed by atoms with van der Waals surface area (Å²) in [5, 5.41) is 7.17. The van der Waals surface area contributed by atoms with Crippen LogP contribution in [-0.2, 0) is 17.6 Å². The Hall–Kier alpha value is -0.940. The SMILES string of the molecule is CC(C)(C)C1CCc2nc(NC(=O)C3CCNCC3)sc2C1. The number of nitrogens with zero attached hydrogens (tertiary/aromatic N) is 1. The monoisotopic (exact) mass is 321 g/mol. The van der Waals surface area contributed by atoms with Crippen molar-refractivity contribution in [2.45, 2.75) is 52.9 Å². The van der Waals surface area contributed by atoms with E-state index in [1.54, 1.807) is 11.3 Å². The van der Waals surface area contributed by atoms with E-state index in [0.29, 0.717) is 11.3 Å².